The lowest BCUT2D eigenvalue weighted by Gasteiger charge is -2.05. The number of benzene rings is 1. The Bertz CT molecular complexity index is 396. The number of hydrogen-bond acceptors (Lipinski definition) is 2. The summed E-state index contributed by atoms with van der Waals surface area (Å²) in [6.07, 6.45) is 0. The van der Waals surface area contributed by atoms with Crippen LogP contribution in [0.3, 0.4) is 0 Å². The highest BCUT2D eigenvalue weighted by molar-refractivity contribution is 9.10. The fourth-order valence-corrected chi connectivity index (χ4v) is 1.44. The van der Waals surface area contributed by atoms with E-state index in [4.69, 9.17) is 9.47 Å². The molecule has 0 aliphatic carbocycles. The summed E-state index contributed by atoms with van der Waals surface area (Å²) in [5, 5.41) is 0. The predicted octanol–water partition coefficient (Wildman–Crippen LogP) is 3.10. The van der Waals surface area contributed by atoms with E-state index in [1.165, 1.54) is 6.07 Å². The lowest BCUT2D eigenvalue weighted by Crippen LogP contribution is -2.02. The first kappa shape index (κ1) is 13.2. The van der Waals surface area contributed by atoms with Crippen molar-refractivity contribution in [1.29, 1.82) is 0 Å². The molecule has 0 fully saturated rings. The molecule has 0 aromatic heterocycles. The van der Waals surface area contributed by atoms with Gasteiger partial charge in [0.1, 0.15) is 19.2 Å². The fourth-order valence-electron chi connectivity index (χ4n) is 1.03. The van der Waals surface area contributed by atoms with Gasteiger partial charge in [-0.15, -0.1) is 5.92 Å². The van der Waals surface area contributed by atoms with E-state index in [1.54, 1.807) is 19.1 Å². The molecule has 0 bridgehead atoms. The zero-order valence-electron chi connectivity index (χ0n) is 8.93. The van der Waals surface area contributed by atoms with Gasteiger partial charge < -0.3 is 9.47 Å². The van der Waals surface area contributed by atoms with Gasteiger partial charge in [0.25, 0.3) is 0 Å². The summed E-state index contributed by atoms with van der Waals surface area (Å²) >= 11 is 3.27. The zero-order chi connectivity index (χ0) is 11.8. The van der Waals surface area contributed by atoms with Crippen LogP contribution in [0.5, 0.6) is 0 Å². The van der Waals surface area contributed by atoms with Gasteiger partial charge in [-0.25, -0.2) is 4.39 Å². The largest absolute Gasteiger partial charge is 0.351 e. The van der Waals surface area contributed by atoms with E-state index in [0.717, 1.165) is 4.47 Å². The first-order chi connectivity index (χ1) is 7.74. The van der Waals surface area contributed by atoms with E-state index in [9.17, 15) is 4.39 Å². The molecule has 0 atom stereocenters. The number of ether oxygens (including phenoxy) is 2. The minimum absolute atomic E-state index is 0.112. The molecule has 1 aromatic carbocycles. The monoisotopic (exact) mass is 286 g/mol. The van der Waals surface area contributed by atoms with Crippen molar-refractivity contribution in [2.24, 2.45) is 0 Å². The first-order valence-electron chi connectivity index (χ1n) is 4.73. The Balaban J connectivity index is 2.30. The van der Waals surface area contributed by atoms with Crippen LogP contribution < -0.4 is 0 Å². The first-order valence-corrected chi connectivity index (χ1v) is 5.52. The van der Waals surface area contributed by atoms with Crippen molar-refractivity contribution in [2.75, 3.05) is 13.4 Å². The second-order valence-corrected chi connectivity index (χ2v) is 3.89. The van der Waals surface area contributed by atoms with E-state index in [1.807, 2.05) is 0 Å². The second-order valence-electron chi connectivity index (χ2n) is 2.98. The maximum Gasteiger partial charge on any atom is 0.148 e. The molecule has 0 spiro atoms. The average Bonchev–Trinajstić information content (AvgIpc) is 2.28. The van der Waals surface area contributed by atoms with E-state index in [0.29, 0.717) is 12.2 Å². The van der Waals surface area contributed by atoms with Crippen LogP contribution in [0.2, 0.25) is 0 Å². The Kier molecular flexibility index (Phi) is 6.09. The van der Waals surface area contributed by atoms with Gasteiger partial charge in [-0.2, -0.15) is 0 Å². The standard InChI is InChI=1S/C12H12BrFO2/c1-2-3-6-15-9-16-8-10-7-11(13)4-5-12(10)14/h4-5,7H,6,8-9H2,1H3. The van der Waals surface area contributed by atoms with Gasteiger partial charge in [0, 0.05) is 10.0 Å². The molecule has 2 nitrogen and oxygen atoms in total. The van der Waals surface area contributed by atoms with Gasteiger partial charge in [-0.1, -0.05) is 21.9 Å². The average molecular weight is 287 g/mol. The van der Waals surface area contributed by atoms with Crippen LogP contribution in [-0.2, 0) is 16.1 Å². The Labute approximate surface area is 103 Å². The van der Waals surface area contributed by atoms with Crippen LogP contribution in [0, 0.1) is 17.7 Å². The van der Waals surface area contributed by atoms with Gasteiger partial charge in [-0.05, 0) is 25.1 Å². The summed E-state index contributed by atoms with van der Waals surface area (Å²) in [4.78, 5) is 0. The van der Waals surface area contributed by atoms with Crippen LogP contribution >= 0.6 is 15.9 Å². The SMILES string of the molecule is CC#CCOCOCc1cc(Br)ccc1F. The van der Waals surface area contributed by atoms with Crippen molar-refractivity contribution in [2.45, 2.75) is 13.5 Å². The van der Waals surface area contributed by atoms with Crippen LogP contribution in [0.25, 0.3) is 0 Å². The molecular formula is C12H12BrFO2. The smallest absolute Gasteiger partial charge is 0.148 e. The van der Waals surface area contributed by atoms with Gasteiger partial charge in [0.05, 0.1) is 6.61 Å². The Morgan fingerprint density at radius 2 is 2.19 bits per heavy atom. The van der Waals surface area contributed by atoms with Crippen LogP contribution in [-0.4, -0.2) is 13.4 Å². The maximum absolute atomic E-state index is 13.2. The summed E-state index contributed by atoms with van der Waals surface area (Å²) in [6.45, 7) is 2.37. The third-order valence-corrected chi connectivity index (χ3v) is 2.28. The minimum atomic E-state index is -0.281. The molecule has 0 aliphatic heterocycles. The number of halogens is 2. The van der Waals surface area contributed by atoms with Gasteiger partial charge in [0.15, 0.2) is 0 Å². The van der Waals surface area contributed by atoms with Crippen molar-refractivity contribution in [1.82, 2.24) is 0 Å². The lowest BCUT2D eigenvalue weighted by molar-refractivity contribution is -0.0510. The van der Waals surface area contributed by atoms with Gasteiger partial charge >= 0.3 is 0 Å². The van der Waals surface area contributed by atoms with Crippen LogP contribution in [0.15, 0.2) is 22.7 Å². The fraction of sp³-hybridized carbons (Fsp3) is 0.333. The van der Waals surface area contributed by atoms with E-state index < -0.39 is 0 Å². The normalized spacial score (nSPS) is 9.69. The molecule has 1 aromatic rings. The Hall–Kier alpha value is -0.890. The molecule has 0 amide bonds. The third-order valence-electron chi connectivity index (χ3n) is 1.78. The molecule has 4 heteroatoms. The molecule has 86 valence electrons. The van der Waals surface area contributed by atoms with Crippen molar-refractivity contribution in [3.8, 4) is 11.8 Å². The molecule has 16 heavy (non-hydrogen) atoms. The summed E-state index contributed by atoms with van der Waals surface area (Å²) in [7, 11) is 0. The minimum Gasteiger partial charge on any atom is -0.351 e. The summed E-state index contributed by atoms with van der Waals surface area (Å²) in [5.74, 6) is 5.15. The molecule has 0 heterocycles. The predicted molar refractivity (Wildman–Crippen MR) is 63.2 cm³/mol. The van der Waals surface area contributed by atoms with Crippen molar-refractivity contribution in [3.63, 3.8) is 0 Å². The van der Waals surface area contributed by atoms with Crippen molar-refractivity contribution in [3.05, 3.63) is 34.1 Å². The summed E-state index contributed by atoms with van der Waals surface area (Å²) in [6, 6.07) is 4.72. The Morgan fingerprint density at radius 3 is 2.94 bits per heavy atom. The summed E-state index contributed by atoms with van der Waals surface area (Å²) in [5.41, 5.74) is 0.500. The van der Waals surface area contributed by atoms with E-state index >= 15 is 0 Å². The van der Waals surface area contributed by atoms with Crippen molar-refractivity contribution < 1.29 is 13.9 Å². The molecule has 0 unspecified atom stereocenters. The number of rotatable bonds is 5. The molecule has 1 rings (SSSR count). The molecule has 0 saturated heterocycles. The molecule has 0 radical (unpaired) electrons. The highest BCUT2D eigenvalue weighted by Gasteiger charge is 2.02. The topological polar surface area (TPSA) is 18.5 Å². The van der Waals surface area contributed by atoms with Crippen LogP contribution in [0.4, 0.5) is 4.39 Å². The highest BCUT2D eigenvalue weighted by atomic mass is 79.9. The molecular weight excluding hydrogens is 275 g/mol. The summed E-state index contributed by atoms with van der Waals surface area (Å²) < 4.78 is 24.2. The Morgan fingerprint density at radius 1 is 1.38 bits per heavy atom. The highest BCUT2D eigenvalue weighted by Crippen LogP contribution is 2.16. The third kappa shape index (κ3) is 4.75. The van der Waals surface area contributed by atoms with Gasteiger partial charge in [0.2, 0.25) is 0 Å². The maximum atomic E-state index is 13.2. The van der Waals surface area contributed by atoms with Gasteiger partial charge in [-0.3, -0.25) is 0 Å². The molecule has 0 saturated carbocycles. The molecule has 0 aliphatic rings. The van der Waals surface area contributed by atoms with E-state index in [2.05, 4.69) is 27.8 Å². The zero-order valence-corrected chi connectivity index (χ0v) is 10.5. The van der Waals surface area contributed by atoms with E-state index in [-0.39, 0.29) is 19.2 Å². The van der Waals surface area contributed by atoms with Crippen LogP contribution in [0.1, 0.15) is 12.5 Å². The second kappa shape index (κ2) is 7.39. The van der Waals surface area contributed by atoms with Crippen molar-refractivity contribution >= 4 is 15.9 Å². The quantitative estimate of drug-likeness (QED) is 0.470. The molecule has 0 N–H and O–H groups in total. The number of hydrogen-bond donors (Lipinski definition) is 0. The lowest BCUT2D eigenvalue weighted by atomic mass is 10.2.